The molecule has 1 aromatic carbocycles. The van der Waals surface area contributed by atoms with Gasteiger partial charge >= 0.3 is 5.97 Å². The Balaban J connectivity index is 1.92. The Morgan fingerprint density at radius 3 is 2.42 bits per heavy atom. The first-order valence-electron chi connectivity index (χ1n) is 6.68. The summed E-state index contributed by atoms with van der Waals surface area (Å²) >= 11 is 0. The molecule has 4 nitrogen and oxygen atoms in total. The number of carboxylic acids is 1. The van der Waals surface area contributed by atoms with E-state index in [9.17, 15) is 9.59 Å². The molecule has 1 atom stereocenters. The Kier molecular flexibility index (Phi) is 4.20. The fourth-order valence-electron chi connectivity index (χ4n) is 2.37. The maximum Gasteiger partial charge on any atom is 0.308 e. The lowest BCUT2D eigenvalue weighted by molar-refractivity contribution is -0.141. The van der Waals surface area contributed by atoms with Crippen molar-refractivity contribution in [2.45, 2.75) is 26.2 Å². The van der Waals surface area contributed by atoms with Crippen LogP contribution in [0.15, 0.2) is 24.3 Å². The van der Waals surface area contributed by atoms with Crippen molar-refractivity contribution in [2.75, 3.05) is 13.1 Å². The van der Waals surface area contributed by atoms with E-state index in [0.29, 0.717) is 25.9 Å². The topological polar surface area (TPSA) is 57.6 Å². The van der Waals surface area contributed by atoms with Crippen LogP contribution >= 0.6 is 0 Å². The van der Waals surface area contributed by atoms with Gasteiger partial charge < -0.3 is 10.0 Å². The Labute approximate surface area is 113 Å². The molecule has 1 heterocycles. The molecule has 1 aliphatic heterocycles. The predicted octanol–water partition coefficient (Wildman–Crippen LogP) is 1.72. The van der Waals surface area contributed by atoms with Crippen molar-refractivity contribution in [3.05, 3.63) is 35.4 Å². The van der Waals surface area contributed by atoms with Crippen LogP contribution < -0.4 is 0 Å². The fraction of sp³-hybridized carbons (Fsp3) is 0.467. The third-order valence-electron chi connectivity index (χ3n) is 3.68. The number of benzene rings is 1. The highest BCUT2D eigenvalue weighted by molar-refractivity contribution is 5.80. The van der Waals surface area contributed by atoms with Crippen LogP contribution in [-0.2, 0) is 22.4 Å². The van der Waals surface area contributed by atoms with Crippen molar-refractivity contribution < 1.29 is 14.7 Å². The van der Waals surface area contributed by atoms with E-state index in [1.165, 1.54) is 5.56 Å². The lowest BCUT2D eigenvalue weighted by Crippen LogP contribution is -2.31. The number of nitrogens with zero attached hydrogens (tertiary/aromatic N) is 1. The molecular weight excluding hydrogens is 242 g/mol. The lowest BCUT2D eigenvalue weighted by Gasteiger charge is -2.15. The molecule has 1 amide bonds. The second-order valence-corrected chi connectivity index (χ2v) is 5.01. The molecule has 1 fully saturated rings. The summed E-state index contributed by atoms with van der Waals surface area (Å²) in [7, 11) is 0. The number of rotatable bonds is 4. The minimum atomic E-state index is -0.803. The van der Waals surface area contributed by atoms with Gasteiger partial charge in [-0.05, 0) is 24.0 Å². The second kappa shape index (κ2) is 5.87. The van der Waals surface area contributed by atoms with Crippen LogP contribution in [-0.4, -0.2) is 35.0 Å². The largest absolute Gasteiger partial charge is 0.481 e. The quantitative estimate of drug-likeness (QED) is 0.898. The van der Waals surface area contributed by atoms with Gasteiger partial charge in [-0.15, -0.1) is 0 Å². The zero-order valence-electron chi connectivity index (χ0n) is 11.1. The summed E-state index contributed by atoms with van der Waals surface area (Å²) in [5, 5.41) is 8.92. The van der Waals surface area contributed by atoms with Gasteiger partial charge in [0.25, 0.3) is 0 Å². The molecule has 19 heavy (non-hydrogen) atoms. The second-order valence-electron chi connectivity index (χ2n) is 5.01. The van der Waals surface area contributed by atoms with Gasteiger partial charge in [0.15, 0.2) is 0 Å². The van der Waals surface area contributed by atoms with Gasteiger partial charge in [-0.1, -0.05) is 31.2 Å². The minimum Gasteiger partial charge on any atom is -0.481 e. The molecule has 0 aromatic heterocycles. The van der Waals surface area contributed by atoms with E-state index in [4.69, 9.17) is 5.11 Å². The van der Waals surface area contributed by atoms with E-state index in [2.05, 4.69) is 6.92 Å². The molecule has 0 saturated carbocycles. The number of amides is 1. The van der Waals surface area contributed by atoms with Crippen molar-refractivity contribution >= 4 is 11.9 Å². The molecule has 1 aliphatic rings. The summed E-state index contributed by atoms with van der Waals surface area (Å²) in [5.41, 5.74) is 2.24. The average Bonchev–Trinajstić information content (AvgIpc) is 2.89. The molecule has 0 unspecified atom stereocenters. The number of carboxylic acid groups (broad SMARTS) is 1. The number of aryl methyl sites for hydroxylation is 1. The molecule has 102 valence electrons. The summed E-state index contributed by atoms with van der Waals surface area (Å²) in [6.45, 7) is 3.00. The molecule has 0 bridgehead atoms. The molecule has 1 aromatic rings. The molecule has 2 rings (SSSR count). The Morgan fingerprint density at radius 1 is 1.26 bits per heavy atom. The molecular formula is C15H19NO3. The summed E-state index contributed by atoms with van der Waals surface area (Å²) in [6, 6.07) is 8.02. The number of likely N-dealkylation sites (tertiary alicyclic amines) is 1. The van der Waals surface area contributed by atoms with Crippen LogP contribution in [0.4, 0.5) is 0 Å². The van der Waals surface area contributed by atoms with Crippen LogP contribution in [0.2, 0.25) is 0 Å². The molecule has 1 N–H and O–H groups in total. The van der Waals surface area contributed by atoms with Gasteiger partial charge in [-0.25, -0.2) is 0 Å². The van der Waals surface area contributed by atoms with Gasteiger partial charge in [-0.3, -0.25) is 9.59 Å². The van der Waals surface area contributed by atoms with E-state index in [-0.39, 0.29) is 5.91 Å². The summed E-state index contributed by atoms with van der Waals surface area (Å²) in [6.07, 6.45) is 1.91. The van der Waals surface area contributed by atoms with Crippen molar-refractivity contribution in [3.63, 3.8) is 0 Å². The van der Waals surface area contributed by atoms with Crippen LogP contribution in [0.1, 0.15) is 24.5 Å². The number of aliphatic carboxylic acids is 1. The highest BCUT2D eigenvalue weighted by Gasteiger charge is 2.30. The van der Waals surface area contributed by atoms with Crippen molar-refractivity contribution in [1.82, 2.24) is 4.90 Å². The first-order chi connectivity index (χ1) is 9.10. The molecule has 0 aliphatic carbocycles. The van der Waals surface area contributed by atoms with Crippen LogP contribution in [0.5, 0.6) is 0 Å². The fourth-order valence-corrected chi connectivity index (χ4v) is 2.37. The molecule has 1 saturated heterocycles. The zero-order chi connectivity index (χ0) is 13.8. The number of hydrogen-bond acceptors (Lipinski definition) is 2. The van der Waals surface area contributed by atoms with E-state index >= 15 is 0 Å². The van der Waals surface area contributed by atoms with Gasteiger partial charge in [-0.2, -0.15) is 0 Å². The summed E-state index contributed by atoms with van der Waals surface area (Å²) in [4.78, 5) is 24.6. The zero-order valence-corrected chi connectivity index (χ0v) is 11.1. The first-order valence-corrected chi connectivity index (χ1v) is 6.68. The van der Waals surface area contributed by atoms with Crippen LogP contribution in [0.25, 0.3) is 0 Å². The number of hydrogen-bond donors (Lipinski definition) is 1. The number of carbonyl (C=O) groups is 2. The Bertz CT molecular complexity index is 467. The summed E-state index contributed by atoms with van der Waals surface area (Å²) < 4.78 is 0. The van der Waals surface area contributed by atoms with Crippen molar-refractivity contribution in [1.29, 1.82) is 0 Å². The molecule has 0 spiro atoms. The monoisotopic (exact) mass is 261 g/mol. The van der Waals surface area contributed by atoms with Gasteiger partial charge in [0.1, 0.15) is 0 Å². The molecule has 0 radical (unpaired) electrons. The Hall–Kier alpha value is -1.84. The standard InChI is InChI=1S/C15H19NO3/c1-2-11-3-5-12(6-4-11)9-14(17)16-8-7-13(10-16)15(18)19/h3-6,13H,2,7-10H2,1H3,(H,18,19)/t13-/m1/s1. The first kappa shape index (κ1) is 13.6. The van der Waals surface area contributed by atoms with E-state index < -0.39 is 11.9 Å². The average molecular weight is 261 g/mol. The number of carbonyl (C=O) groups excluding carboxylic acids is 1. The van der Waals surface area contributed by atoms with E-state index in [0.717, 1.165) is 12.0 Å². The van der Waals surface area contributed by atoms with Gasteiger partial charge in [0.2, 0.25) is 5.91 Å². The van der Waals surface area contributed by atoms with Gasteiger partial charge in [0, 0.05) is 13.1 Å². The normalized spacial score (nSPS) is 18.6. The molecule has 4 heteroatoms. The van der Waals surface area contributed by atoms with E-state index in [1.54, 1.807) is 4.90 Å². The van der Waals surface area contributed by atoms with E-state index in [1.807, 2.05) is 24.3 Å². The van der Waals surface area contributed by atoms with Crippen molar-refractivity contribution in [3.8, 4) is 0 Å². The maximum absolute atomic E-state index is 12.1. The van der Waals surface area contributed by atoms with Gasteiger partial charge in [0.05, 0.1) is 12.3 Å². The maximum atomic E-state index is 12.1. The minimum absolute atomic E-state index is 0.0213. The predicted molar refractivity (Wildman–Crippen MR) is 71.8 cm³/mol. The van der Waals surface area contributed by atoms with Crippen LogP contribution in [0, 0.1) is 5.92 Å². The Morgan fingerprint density at radius 2 is 1.89 bits per heavy atom. The van der Waals surface area contributed by atoms with Crippen molar-refractivity contribution in [2.24, 2.45) is 5.92 Å². The highest BCUT2D eigenvalue weighted by atomic mass is 16.4. The third kappa shape index (κ3) is 3.34. The smallest absolute Gasteiger partial charge is 0.308 e. The SMILES string of the molecule is CCc1ccc(CC(=O)N2CC[C@@H](C(=O)O)C2)cc1. The lowest BCUT2D eigenvalue weighted by atomic mass is 10.1. The van der Waals surface area contributed by atoms with Crippen LogP contribution in [0.3, 0.4) is 0 Å². The third-order valence-corrected chi connectivity index (χ3v) is 3.68. The summed E-state index contributed by atoms with van der Waals surface area (Å²) in [5.74, 6) is -1.18. The highest BCUT2D eigenvalue weighted by Crippen LogP contribution is 2.17.